The number of carbonyl (C=O) groups excluding carboxylic acids is 4. The number of rotatable bonds is 12. The monoisotopic (exact) mass is 541 g/mol. The van der Waals surface area contributed by atoms with Gasteiger partial charge < -0.3 is 25.0 Å². The molecule has 1 aliphatic rings. The first-order valence-corrected chi connectivity index (χ1v) is 13.7. The third-order valence-electron chi connectivity index (χ3n) is 6.73. The summed E-state index contributed by atoms with van der Waals surface area (Å²) in [5.41, 5.74) is 0.495. The van der Waals surface area contributed by atoms with Gasteiger partial charge in [-0.25, -0.2) is 4.79 Å². The number of esters is 1. The largest absolute Gasteiger partial charge is 0.466 e. The quantitative estimate of drug-likeness (QED) is 0.304. The van der Waals surface area contributed by atoms with Gasteiger partial charge in [0.25, 0.3) is 0 Å². The van der Waals surface area contributed by atoms with Crippen molar-refractivity contribution in [2.45, 2.75) is 97.4 Å². The van der Waals surface area contributed by atoms with Crippen LogP contribution < -0.4 is 10.6 Å². The fourth-order valence-electron chi connectivity index (χ4n) is 4.28. The van der Waals surface area contributed by atoms with Crippen molar-refractivity contribution in [1.29, 1.82) is 0 Å². The summed E-state index contributed by atoms with van der Waals surface area (Å²) in [5, 5.41) is 5.58. The number of amides is 3. The molecule has 0 aliphatic heterocycles. The number of carbonyl (C=O) groups is 4. The van der Waals surface area contributed by atoms with E-state index in [0.29, 0.717) is 17.5 Å². The van der Waals surface area contributed by atoms with Crippen LogP contribution in [-0.4, -0.2) is 59.6 Å². The number of terminal acetylenes is 1. The van der Waals surface area contributed by atoms with Crippen LogP contribution in [0.15, 0.2) is 24.3 Å². The minimum absolute atomic E-state index is 0.00933. The van der Waals surface area contributed by atoms with Crippen LogP contribution in [0.4, 0.5) is 4.79 Å². The minimum atomic E-state index is -0.983. The third-order valence-corrected chi connectivity index (χ3v) is 6.73. The molecular weight excluding hydrogens is 498 g/mol. The average molecular weight is 542 g/mol. The van der Waals surface area contributed by atoms with Gasteiger partial charge in [-0.2, -0.15) is 0 Å². The van der Waals surface area contributed by atoms with Crippen molar-refractivity contribution >= 4 is 23.9 Å². The summed E-state index contributed by atoms with van der Waals surface area (Å²) in [7, 11) is 0. The zero-order chi connectivity index (χ0) is 29.2. The molecule has 0 bridgehead atoms. The lowest BCUT2D eigenvalue weighted by Crippen LogP contribution is -2.59. The summed E-state index contributed by atoms with van der Waals surface area (Å²) < 4.78 is 10.4. The smallest absolute Gasteiger partial charge is 0.408 e. The summed E-state index contributed by atoms with van der Waals surface area (Å²) in [5.74, 6) is 1.15. The van der Waals surface area contributed by atoms with Crippen LogP contribution in [-0.2, 0) is 23.9 Å². The molecule has 0 spiro atoms. The first-order valence-electron chi connectivity index (χ1n) is 13.7. The summed E-state index contributed by atoms with van der Waals surface area (Å²) in [6, 6.07) is 4.87. The maximum absolute atomic E-state index is 14.3. The summed E-state index contributed by atoms with van der Waals surface area (Å²) in [6.45, 7) is 11.1. The highest BCUT2D eigenvalue weighted by molar-refractivity contribution is 5.92. The van der Waals surface area contributed by atoms with E-state index >= 15 is 0 Å². The molecule has 3 atom stereocenters. The molecule has 0 saturated heterocycles. The van der Waals surface area contributed by atoms with Crippen LogP contribution in [0, 0.1) is 18.3 Å². The fraction of sp³-hybridized carbons (Fsp3) is 0.600. The Bertz CT molecular complexity index is 1040. The minimum Gasteiger partial charge on any atom is -0.466 e. The number of nitrogens with one attached hydrogen (secondary N) is 2. The first kappa shape index (κ1) is 31.7. The Labute approximate surface area is 232 Å². The molecule has 9 heteroatoms. The van der Waals surface area contributed by atoms with Crippen LogP contribution in [0.3, 0.4) is 0 Å². The van der Waals surface area contributed by atoms with Crippen molar-refractivity contribution in [1.82, 2.24) is 15.5 Å². The molecular formula is C30H43N3O6. The van der Waals surface area contributed by atoms with Crippen molar-refractivity contribution in [3.8, 4) is 12.3 Å². The van der Waals surface area contributed by atoms with E-state index in [2.05, 4.69) is 16.6 Å². The molecule has 9 nitrogen and oxygen atoms in total. The van der Waals surface area contributed by atoms with E-state index in [1.807, 2.05) is 13.8 Å². The van der Waals surface area contributed by atoms with E-state index in [-0.39, 0.29) is 37.4 Å². The second kappa shape index (κ2) is 14.6. The molecule has 1 aromatic rings. The van der Waals surface area contributed by atoms with Gasteiger partial charge >= 0.3 is 12.1 Å². The predicted octanol–water partition coefficient (Wildman–Crippen LogP) is 4.10. The topological polar surface area (TPSA) is 114 Å². The van der Waals surface area contributed by atoms with Gasteiger partial charge in [-0.3, -0.25) is 14.4 Å². The van der Waals surface area contributed by atoms with Crippen LogP contribution in [0.2, 0.25) is 0 Å². The van der Waals surface area contributed by atoms with Gasteiger partial charge in [0.15, 0.2) is 0 Å². The van der Waals surface area contributed by atoms with E-state index in [1.54, 1.807) is 56.9 Å². The summed E-state index contributed by atoms with van der Waals surface area (Å²) in [4.78, 5) is 54.1. The lowest BCUT2D eigenvalue weighted by Gasteiger charge is -2.44. The van der Waals surface area contributed by atoms with Crippen molar-refractivity contribution in [2.75, 3.05) is 13.2 Å². The molecule has 2 rings (SSSR count). The van der Waals surface area contributed by atoms with Gasteiger partial charge in [-0.05, 0) is 70.6 Å². The maximum Gasteiger partial charge on any atom is 0.408 e. The van der Waals surface area contributed by atoms with Crippen LogP contribution in [0.25, 0.3) is 0 Å². The molecule has 214 valence electrons. The zero-order valence-electron chi connectivity index (χ0n) is 24.0. The Kier molecular flexibility index (Phi) is 11.8. The van der Waals surface area contributed by atoms with Crippen molar-refractivity contribution in [3.63, 3.8) is 0 Å². The molecule has 39 heavy (non-hydrogen) atoms. The van der Waals surface area contributed by atoms with Crippen molar-refractivity contribution in [2.24, 2.45) is 5.92 Å². The van der Waals surface area contributed by atoms with Gasteiger partial charge in [-0.1, -0.05) is 38.3 Å². The highest BCUT2D eigenvalue weighted by Crippen LogP contribution is 2.34. The standard InChI is InChI=1S/C30H43N3O6/c1-8-20(4)25(32-29(37)39-30(5,6)7)28(36)33(23-12-11-13-23)26(22-16-14-21(9-2)15-17-22)27(35)31-19-18-24(34)38-10-3/h2,14-17,20,23,25-26H,8,10-13,18-19H2,1,3-7H3,(H,31,35)(H,32,37). The number of nitrogens with zero attached hydrogens (tertiary/aromatic N) is 1. The lowest BCUT2D eigenvalue weighted by atomic mass is 9.86. The van der Waals surface area contributed by atoms with E-state index in [9.17, 15) is 19.2 Å². The SMILES string of the molecule is C#Cc1ccc(C(C(=O)NCCC(=O)OCC)N(C(=O)C(NC(=O)OC(C)(C)C)C(C)CC)C2CCC2)cc1. The molecule has 0 aromatic heterocycles. The van der Waals surface area contributed by atoms with Crippen LogP contribution in [0.5, 0.6) is 0 Å². The average Bonchev–Trinajstić information content (AvgIpc) is 2.84. The normalized spacial score (nSPS) is 15.5. The molecule has 1 saturated carbocycles. The molecule has 1 aliphatic carbocycles. The number of alkyl carbamates (subject to hydrolysis) is 1. The Balaban J connectivity index is 2.45. The Morgan fingerprint density at radius 2 is 1.77 bits per heavy atom. The lowest BCUT2D eigenvalue weighted by molar-refractivity contribution is -0.149. The third kappa shape index (κ3) is 9.31. The van der Waals surface area contributed by atoms with Gasteiger partial charge in [-0.15, -0.1) is 6.42 Å². The van der Waals surface area contributed by atoms with Gasteiger partial charge in [0.05, 0.1) is 13.0 Å². The van der Waals surface area contributed by atoms with Crippen LogP contribution >= 0.6 is 0 Å². The molecule has 1 fully saturated rings. The molecule has 1 aromatic carbocycles. The van der Waals surface area contributed by atoms with Gasteiger partial charge in [0, 0.05) is 18.2 Å². The van der Waals surface area contributed by atoms with E-state index in [4.69, 9.17) is 15.9 Å². The van der Waals surface area contributed by atoms with Gasteiger partial charge in [0.1, 0.15) is 17.7 Å². The summed E-state index contributed by atoms with van der Waals surface area (Å²) >= 11 is 0. The van der Waals surface area contributed by atoms with E-state index in [0.717, 1.165) is 19.3 Å². The maximum atomic E-state index is 14.3. The molecule has 0 radical (unpaired) electrons. The van der Waals surface area contributed by atoms with Crippen LogP contribution in [0.1, 0.15) is 90.8 Å². The highest BCUT2D eigenvalue weighted by atomic mass is 16.6. The second-order valence-corrected chi connectivity index (χ2v) is 10.9. The number of ether oxygens (including phenoxy) is 2. The Morgan fingerprint density at radius 3 is 2.26 bits per heavy atom. The molecule has 2 N–H and O–H groups in total. The number of hydrogen-bond donors (Lipinski definition) is 2. The molecule has 3 unspecified atom stereocenters. The van der Waals surface area contributed by atoms with E-state index < -0.39 is 35.7 Å². The first-order chi connectivity index (χ1) is 18.4. The number of benzene rings is 1. The summed E-state index contributed by atoms with van der Waals surface area (Å²) in [6.07, 6.45) is 7.87. The Morgan fingerprint density at radius 1 is 1.13 bits per heavy atom. The van der Waals surface area contributed by atoms with E-state index in [1.165, 1.54) is 0 Å². The molecule has 0 heterocycles. The van der Waals surface area contributed by atoms with Crippen molar-refractivity contribution < 1.29 is 28.7 Å². The van der Waals surface area contributed by atoms with Crippen molar-refractivity contribution in [3.05, 3.63) is 35.4 Å². The predicted molar refractivity (Wildman–Crippen MR) is 148 cm³/mol. The number of hydrogen-bond acceptors (Lipinski definition) is 6. The second-order valence-electron chi connectivity index (χ2n) is 10.9. The fourth-order valence-corrected chi connectivity index (χ4v) is 4.28. The van der Waals surface area contributed by atoms with Gasteiger partial charge in [0.2, 0.25) is 11.8 Å². The highest BCUT2D eigenvalue weighted by Gasteiger charge is 2.43. The Hall–Kier alpha value is -3.54. The molecule has 3 amide bonds. The zero-order valence-corrected chi connectivity index (χ0v) is 24.0.